The molecule has 0 radical (unpaired) electrons. The molecule has 2 aliphatic rings. The molecule has 0 atom stereocenters. The van der Waals surface area contributed by atoms with Crippen molar-refractivity contribution in [1.82, 2.24) is 5.32 Å². The summed E-state index contributed by atoms with van der Waals surface area (Å²) < 4.78 is 21.7. The molecule has 0 unspecified atom stereocenters. The zero-order valence-corrected chi connectivity index (χ0v) is 7.34. The van der Waals surface area contributed by atoms with Gasteiger partial charge in [-0.25, -0.2) is 13.4 Å². The van der Waals surface area contributed by atoms with Crippen molar-refractivity contribution < 1.29 is 8.42 Å². The highest BCUT2D eigenvalue weighted by atomic mass is 32.2. The third kappa shape index (κ3) is 1.92. The lowest BCUT2D eigenvalue weighted by atomic mass is 10.5. The van der Waals surface area contributed by atoms with E-state index in [0.29, 0.717) is 18.3 Å². The average Bonchev–Trinajstić information content (AvgIpc) is 2.74. The number of nitrogens with zero attached hydrogens (tertiary/aromatic N) is 1. The van der Waals surface area contributed by atoms with Crippen molar-refractivity contribution in [3.05, 3.63) is 11.1 Å². The molecule has 1 fully saturated rings. The molecule has 1 saturated carbocycles. The Hall–Kier alpha value is -0.680. The summed E-state index contributed by atoms with van der Waals surface area (Å²) in [6.45, 7) is 0.570. The third-order valence-electron chi connectivity index (χ3n) is 1.81. The van der Waals surface area contributed by atoms with E-state index in [0.717, 1.165) is 5.55 Å². The molecule has 0 aromatic carbocycles. The van der Waals surface area contributed by atoms with Crippen molar-refractivity contribution in [3.8, 4) is 0 Å². The van der Waals surface area contributed by atoms with Crippen molar-refractivity contribution in [2.75, 3.05) is 6.54 Å². The predicted octanol–water partition coefficient (Wildman–Crippen LogP) is 0.0365. The number of aliphatic imine (C=N–C) groups is 1. The van der Waals surface area contributed by atoms with Crippen LogP contribution in [0.1, 0.15) is 12.8 Å². The molecular weight excluding hydrogens is 176 g/mol. The minimum atomic E-state index is -3.12. The van der Waals surface area contributed by atoms with Crippen LogP contribution in [0, 0.1) is 0 Å². The van der Waals surface area contributed by atoms with E-state index in [1.165, 1.54) is 18.2 Å². The van der Waals surface area contributed by atoms with E-state index in [1.807, 2.05) is 0 Å². The number of rotatable bonds is 3. The van der Waals surface area contributed by atoms with Crippen LogP contribution < -0.4 is 5.32 Å². The van der Waals surface area contributed by atoms with Gasteiger partial charge in [0.05, 0.1) is 11.1 Å². The summed E-state index contributed by atoms with van der Waals surface area (Å²) in [5.74, 6) is 0. The SMILES string of the molecule is O=S1(=O)C=NC(CNC2CC2)=C1. The van der Waals surface area contributed by atoms with Crippen LogP contribution in [0.4, 0.5) is 0 Å². The van der Waals surface area contributed by atoms with Crippen LogP contribution >= 0.6 is 0 Å². The Morgan fingerprint density at radius 3 is 2.83 bits per heavy atom. The normalized spacial score (nSPS) is 25.8. The highest BCUT2D eigenvalue weighted by Crippen LogP contribution is 2.19. The number of hydrogen-bond acceptors (Lipinski definition) is 4. The van der Waals surface area contributed by atoms with Crippen molar-refractivity contribution >= 4 is 15.4 Å². The maximum absolute atomic E-state index is 10.8. The Bertz CT molecular complexity index is 338. The highest BCUT2D eigenvalue weighted by molar-refractivity contribution is 8.07. The minimum absolute atomic E-state index is 0.570. The smallest absolute Gasteiger partial charge is 0.211 e. The van der Waals surface area contributed by atoms with E-state index in [4.69, 9.17) is 0 Å². The summed E-state index contributed by atoms with van der Waals surface area (Å²) in [6.07, 6.45) is 2.40. The first-order chi connectivity index (χ1) is 5.66. The summed E-state index contributed by atoms with van der Waals surface area (Å²) in [6, 6.07) is 0.587. The molecule has 66 valence electrons. The summed E-state index contributed by atoms with van der Waals surface area (Å²) >= 11 is 0. The van der Waals surface area contributed by atoms with Crippen LogP contribution in [-0.4, -0.2) is 26.6 Å². The molecule has 1 N–H and O–H groups in total. The van der Waals surface area contributed by atoms with E-state index in [-0.39, 0.29) is 0 Å². The van der Waals surface area contributed by atoms with Gasteiger partial charge < -0.3 is 5.32 Å². The Kier molecular flexibility index (Phi) is 1.77. The van der Waals surface area contributed by atoms with E-state index in [1.54, 1.807) is 0 Å². The summed E-state index contributed by atoms with van der Waals surface area (Å²) in [4.78, 5) is 3.77. The van der Waals surface area contributed by atoms with Crippen LogP contribution in [0.3, 0.4) is 0 Å². The predicted molar refractivity (Wildman–Crippen MR) is 46.5 cm³/mol. The van der Waals surface area contributed by atoms with Gasteiger partial charge in [0.25, 0.3) is 0 Å². The summed E-state index contributed by atoms with van der Waals surface area (Å²) in [7, 11) is -3.12. The number of nitrogens with one attached hydrogen (secondary N) is 1. The van der Waals surface area contributed by atoms with Gasteiger partial charge in [0.15, 0.2) is 0 Å². The standard InChI is InChI=1S/C7H10N2O2S/c10-12(11)4-7(9-5-12)3-8-6-1-2-6/h4-6,8H,1-3H2. The molecule has 1 heterocycles. The average molecular weight is 186 g/mol. The molecule has 4 nitrogen and oxygen atoms in total. The maximum atomic E-state index is 10.8. The Balaban J connectivity index is 1.93. The van der Waals surface area contributed by atoms with Gasteiger partial charge >= 0.3 is 0 Å². The van der Waals surface area contributed by atoms with Gasteiger partial charge in [-0.2, -0.15) is 0 Å². The van der Waals surface area contributed by atoms with Gasteiger partial charge in [-0.1, -0.05) is 0 Å². The van der Waals surface area contributed by atoms with Gasteiger partial charge in [0.2, 0.25) is 9.84 Å². The van der Waals surface area contributed by atoms with Crippen molar-refractivity contribution in [1.29, 1.82) is 0 Å². The van der Waals surface area contributed by atoms with Crippen molar-refractivity contribution in [3.63, 3.8) is 0 Å². The van der Waals surface area contributed by atoms with Crippen LogP contribution in [0.15, 0.2) is 16.1 Å². The first-order valence-electron chi connectivity index (χ1n) is 3.89. The Labute approximate surface area is 71.3 Å². The van der Waals surface area contributed by atoms with E-state index in [2.05, 4.69) is 10.3 Å². The van der Waals surface area contributed by atoms with E-state index >= 15 is 0 Å². The fourth-order valence-electron chi connectivity index (χ4n) is 1.02. The number of sulfone groups is 1. The molecule has 0 saturated heterocycles. The van der Waals surface area contributed by atoms with Crippen LogP contribution in [-0.2, 0) is 9.84 Å². The lowest BCUT2D eigenvalue weighted by Gasteiger charge is -1.98. The van der Waals surface area contributed by atoms with Gasteiger partial charge in [-0.15, -0.1) is 0 Å². The molecule has 12 heavy (non-hydrogen) atoms. The van der Waals surface area contributed by atoms with Gasteiger partial charge in [-0.3, -0.25) is 0 Å². The highest BCUT2D eigenvalue weighted by Gasteiger charge is 2.21. The topological polar surface area (TPSA) is 58.5 Å². The van der Waals surface area contributed by atoms with Gasteiger partial charge in [0.1, 0.15) is 5.55 Å². The van der Waals surface area contributed by atoms with Crippen molar-refractivity contribution in [2.45, 2.75) is 18.9 Å². The van der Waals surface area contributed by atoms with Crippen LogP contribution in [0.25, 0.3) is 0 Å². The van der Waals surface area contributed by atoms with Gasteiger partial charge in [0, 0.05) is 12.6 Å². The molecule has 1 aliphatic heterocycles. The lowest BCUT2D eigenvalue weighted by Crippen LogP contribution is -2.18. The molecule has 0 aromatic heterocycles. The molecule has 5 heteroatoms. The fraction of sp³-hybridized carbons (Fsp3) is 0.571. The molecule has 0 amide bonds. The maximum Gasteiger partial charge on any atom is 0.211 e. The Morgan fingerprint density at radius 1 is 1.58 bits per heavy atom. The van der Waals surface area contributed by atoms with E-state index < -0.39 is 9.84 Å². The monoisotopic (exact) mass is 186 g/mol. The largest absolute Gasteiger partial charge is 0.308 e. The quantitative estimate of drug-likeness (QED) is 0.676. The molecule has 0 spiro atoms. The molecule has 0 aromatic rings. The summed E-state index contributed by atoms with van der Waals surface area (Å²) in [5.41, 5.74) is 1.61. The summed E-state index contributed by atoms with van der Waals surface area (Å²) in [5, 5.41) is 4.40. The first-order valence-corrected chi connectivity index (χ1v) is 5.50. The number of hydrogen-bond donors (Lipinski definition) is 1. The minimum Gasteiger partial charge on any atom is -0.308 e. The molecular formula is C7H10N2O2S. The third-order valence-corrected chi connectivity index (χ3v) is 2.81. The molecule has 1 aliphatic carbocycles. The zero-order valence-electron chi connectivity index (χ0n) is 6.53. The van der Waals surface area contributed by atoms with Crippen LogP contribution in [0.5, 0.6) is 0 Å². The Morgan fingerprint density at radius 2 is 2.33 bits per heavy atom. The second kappa shape index (κ2) is 2.67. The lowest BCUT2D eigenvalue weighted by molar-refractivity contribution is 0.616. The second-order valence-corrected chi connectivity index (χ2v) is 4.71. The molecule has 2 rings (SSSR count). The van der Waals surface area contributed by atoms with Crippen molar-refractivity contribution in [2.24, 2.45) is 4.99 Å². The van der Waals surface area contributed by atoms with Crippen LogP contribution in [0.2, 0.25) is 0 Å². The molecule has 0 bridgehead atoms. The van der Waals surface area contributed by atoms with Gasteiger partial charge in [-0.05, 0) is 12.8 Å². The van der Waals surface area contributed by atoms with E-state index in [9.17, 15) is 8.42 Å². The fourth-order valence-corrected chi connectivity index (χ4v) is 1.88. The second-order valence-electron chi connectivity index (χ2n) is 3.09. The first kappa shape index (κ1) is 7.94. The zero-order chi connectivity index (χ0) is 8.60.